The summed E-state index contributed by atoms with van der Waals surface area (Å²) in [5, 5.41) is 3.60. The molecule has 4 unspecified atom stereocenters. The summed E-state index contributed by atoms with van der Waals surface area (Å²) in [5.74, 6) is 0. The van der Waals surface area contributed by atoms with E-state index in [1.165, 1.54) is 12.8 Å². The van der Waals surface area contributed by atoms with Gasteiger partial charge in [0, 0.05) is 19.2 Å². The zero-order chi connectivity index (χ0) is 15.3. The Morgan fingerprint density at radius 1 is 1.05 bits per heavy atom. The van der Waals surface area contributed by atoms with Crippen LogP contribution in [0.1, 0.15) is 51.4 Å². The van der Waals surface area contributed by atoms with E-state index in [2.05, 4.69) is 5.32 Å². The molecule has 0 bridgehead atoms. The third kappa shape index (κ3) is 5.75. The molecule has 0 aromatic heterocycles. The summed E-state index contributed by atoms with van der Waals surface area (Å²) < 4.78 is 47.2. The van der Waals surface area contributed by atoms with E-state index in [9.17, 15) is 13.2 Å². The predicted octanol–water partition coefficient (Wildman–Crippen LogP) is 3.42. The molecule has 0 aromatic rings. The lowest BCUT2D eigenvalue weighted by Gasteiger charge is -2.37. The first-order valence-corrected chi connectivity index (χ1v) is 7.95. The molecule has 0 amide bonds. The van der Waals surface area contributed by atoms with Crippen LogP contribution in [0, 0.1) is 0 Å². The fourth-order valence-electron chi connectivity index (χ4n) is 3.53. The highest BCUT2D eigenvalue weighted by Crippen LogP contribution is 2.27. The third-order valence-electron chi connectivity index (χ3n) is 4.56. The van der Waals surface area contributed by atoms with E-state index >= 15 is 0 Å². The average molecular weight is 309 g/mol. The minimum absolute atomic E-state index is 0.232. The fraction of sp³-hybridized carbons (Fsp3) is 1.00. The van der Waals surface area contributed by atoms with Crippen molar-refractivity contribution in [3.63, 3.8) is 0 Å². The largest absolute Gasteiger partial charge is 0.411 e. The Morgan fingerprint density at radius 2 is 1.81 bits per heavy atom. The maximum atomic E-state index is 12.2. The predicted molar refractivity (Wildman–Crippen MR) is 74.2 cm³/mol. The lowest BCUT2D eigenvalue weighted by Crippen LogP contribution is -2.50. The third-order valence-corrected chi connectivity index (χ3v) is 4.56. The summed E-state index contributed by atoms with van der Waals surface area (Å²) in [6.07, 6.45) is 3.59. The quantitative estimate of drug-likeness (QED) is 0.844. The van der Waals surface area contributed by atoms with Crippen LogP contribution in [0.15, 0.2) is 0 Å². The molecule has 0 heterocycles. The van der Waals surface area contributed by atoms with E-state index in [4.69, 9.17) is 9.47 Å². The van der Waals surface area contributed by atoms with Crippen LogP contribution in [0.3, 0.4) is 0 Å². The van der Waals surface area contributed by atoms with Gasteiger partial charge in [-0.1, -0.05) is 12.8 Å². The Bertz CT molecular complexity index is 312. The molecule has 6 heteroatoms. The van der Waals surface area contributed by atoms with Crippen molar-refractivity contribution in [1.29, 1.82) is 0 Å². The Kier molecular flexibility index (Phi) is 6.32. The lowest BCUT2D eigenvalue weighted by atomic mass is 9.88. The Labute approximate surface area is 124 Å². The average Bonchev–Trinajstić information content (AvgIpc) is 2.45. The molecule has 2 fully saturated rings. The minimum Gasteiger partial charge on any atom is -0.380 e. The zero-order valence-electron chi connectivity index (χ0n) is 12.6. The van der Waals surface area contributed by atoms with E-state index < -0.39 is 12.8 Å². The molecule has 2 saturated carbocycles. The summed E-state index contributed by atoms with van der Waals surface area (Å²) in [6.45, 7) is -1.13. The summed E-state index contributed by atoms with van der Waals surface area (Å²) in [4.78, 5) is 0. The minimum atomic E-state index is -4.23. The summed E-state index contributed by atoms with van der Waals surface area (Å²) in [6, 6.07) is 0.577. The molecule has 4 atom stereocenters. The first kappa shape index (κ1) is 17.0. The summed E-state index contributed by atoms with van der Waals surface area (Å²) in [5.41, 5.74) is 0. The van der Waals surface area contributed by atoms with Crippen LogP contribution in [0.25, 0.3) is 0 Å². The van der Waals surface area contributed by atoms with Gasteiger partial charge in [-0.15, -0.1) is 0 Å². The van der Waals surface area contributed by atoms with E-state index in [0.29, 0.717) is 12.5 Å². The number of ether oxygens (including phenoxy) is 2. The number of hydrogen-bond donors (Lipinski definition) is 1. The second kappa shape index (κ2) is 7.79. The van der Waals surface area contributed by atoms with Crippen molar-refractivity contribution in [3.8, 4) is 0 Å². The molecule has 0 saturated heterocycles. The Morgan fingerprint density at radius 3 is 2.52 bits per heavy atom. The Hall–Kier alpha value is -0.330. The first-order chi connectivity index (χ1) is 9.98. The molecule has 0 spiro atoms. The van der Waals surface area contributed by atoms with Crippen LogP contribution in [0.5, 0.6) is 0 Å². The Balaban J connectivity index is 1.77. The van der Waals surface area contributed by atoms with Crippen molar-refractivity contribution in [1.82, 2.24) is 5.32 Å². The highest BCUT2D eigenvalue weighted by atomic mass is 19.4. The molecule has 2 rings (SSSR count). The van der Waals surface area contributed by atoms with Gasteiger partial charge in [0.05, 0.1) is 12.2 Å². The molecule has 1 N–H and O–H groups in total. The molecule has 0 radical (unpaired) electrons. The number of halogens is 3. The second-order valence-electron chi connectivity index (χ2n) is 6.24. The van der Waals surface area contributed by atoms with E-state index in [0.717, 1.165) is 32.1 Å². The van der Waals surface area contributed by atoms with Crippen molar-refractivity contribution in [3.05, 3.63) is 0 Å². The molecule has 3 nitrogen and oxygen atoms in total. The first-order valence-electron chi connectivity index (χ1n) is 7.95. The molecule has 0 aromatic carbocycles. The zero-order valence-corrected chi connectivity index (χ0v) is 12.6. The van der Waals surface area contributed by atoms with E-state index in [1.54, 1.807) is 7.11 Å². The standard InChI is InChI=1S/C15H26F3NO2/c1-20-14-8-3-2-7-13(14)19-11-5-4-6-12(9-11)21-10-15(16,17)18/h11-14,19H,2-10H2,1H3. The smallest absolute Gasteiger partial charge is 0.380 e. The number of hydrogen-bond acceptors (Lipinski definition) is 3. The fourth-order valence-corrected chi connectivity index (χ4v) is 3.53. The van der Waals surface area contributed by atoms with Gasteiger partial charge in [0.1, 0.15) is 6.61 Å². The van der Waals surface area contributed by atoms with Crippen molar-refractivity contribution in [2.75, 3.05) is 13.7 Å². The van der Waals surface area contributed by atoms with Crippen LogP contribution in [-0.2, 0) is 9.47 Å². The van der Waals surface area contributed by atoms with Crippen LogP contribution in [0.2, 0.25) is 0 Å². The van der Waals surface area contributed by atoms with Gasteiger partial charge in [0.2, 0.25) is 0 Å². The topological polar surface area (TPSA) is 30.5 Å². The second-order valence-corrected chi connectivity index (χ2v) is 6.24. The van der Waals surface area contributed by atoms with Crippen molar-refractivity contribution >= 4 is 0 Å². The molecule has 21 heavy (non-hydrogen) atoms. The molecule has 124 valence electrons. The van der Waals surface area contributed by atoms with Gasteiger partial charge >= 0.3 is 6.18 Å². The molecule has 0 aliphatic heterocycles. The van der Waals surface area contributed by atoms with Crippen LogP contribution >= 0.6 is 0 Å². The highest BCUT2D eigenvalue weighted by Gasteiger charge is 2.33. The molecular formula is C15H26F3NO2. The van der Waals surface area contributed by atoms with Gasteiger partial charge in [0.15, 0.2) is 0 Å². The van der Waals surface area contributed by atoms with Gasteiger partial charge in [0.25, 0.3) is 0 Å². The van der Waals surface area contributed by atoms with Crippen molar-refractivity contribution in [2.45, 2.75) is 81.8 Å². The van der Waals surface area contributed by atoms with Crippen molar-refractivity contribution < 1.29 is 22.6 Å². The molecular weight excluding hydrogens is 283 g/mol. The highest BCUT2D eigenvalue weighted by molar-refractivity contribution is 4.87. The molecule has 2 aliphatic carbocycles. The van der Waals surface area contributed by atoms with Gasteiger partial charge in [-0.3, -0.25) is 0 Å². The maximum Gasteiger partial charge on any atom is 0.411 e. The lowest BCUT2D eigenvalue weighted by molar-refractivity contribution is -0.188. The van der Waals surface area contributed by atoms with Gasteiger partial charge in [-0.2, -0.15) is 13.2 Å². The number of nitrogens with one attached hydrogen (secondary N) is 1. The summed E-state index contributed by atoms with van der Waals surface area (Å²) >= 11 is 0. The van der Waals surface area contributed by atoms with E-state index in [-0.39, 0.29) is 18.2 Å². The van der Waals surface area contributed by atoms with Gasteiger partial charge in [-0.05, 0) is 38.5 Å². The maximum absolute atomic E-state index is 12.2. The number of methoxy groups -OCH3 is 1. The summed E-state index contributed by atoms with van der Waals surface area (Å²) in [7, 11) is 1.74. The normalized spacial score (nSPS) is 34.9. The van der Waals surface area contributed by atoms with Crippen LogP contribution in [-0.4, -0.2) is 44.2 Å². The van der Waals surface area contributed by atoms with Crippen molar-refractivity contribution in [2.24, 2.45) is 0 Å². The number of rotatable bonds is 5. The van der Waals surface area contributed by atoms with Gasteiger partial charge in [-0.25, -0.2) is 0 Å². The van der Waals surface area contributed by atoms with Crippen LogP contribution < -0.4 is 5.32 Å². The van der Waals surface area contributed by atoms with E-state index in [1.807, 2.05) is 0 Å². The molecule has 2 aliphatic rings. The van der Waals surface area contributed by atoms with Crippen LogP contribution in [0.4, 0.5) is 13.2 Å². The SMILES string of the molecule is COC1CCCCC1NC1CCCC(OCC(F)(F)F)C1. The monoisotopic (exact) mass is 309 g/mol. The number of alkyl halides is 3. The van der Waals surface area contributed by atoms with Gasteiger partial charge < -0.3 is 14.8 Å².